The van der Waals surface area contributed by atoms with Crippen molar-refractivity contribution in [2.75, 3.05) is 19.0 Å². The van der Waals surface area contributed by atoms with Crippen molar-refractivity contribution in [2.24, 2.45) is 5.92 Å². The van der Waals surface area contributed by atoms with Crippen LogP contribution in [0.15, 0.2) is 0 Å². The fourth-order valence-electron chi connectivity index (χ4n) is 1.74. The summed E-state index contributed by atoms with van der Waals surface area (Å²) in [6.07, 6.45) is 0.260. The maximum absolute atomic E-state index is 11.8. The zero-order chi connectivity index (χ0) is 10.7. The normalized spacial score (nSPS) is 30.1. The summed E-state index contributed by atoms with van der Waals surface area (Å²) in [5.74, 6) is 0.440. The Morgan fingerprint density at radius 2 is 2.00 bits per heavy atom. The molecule has 0 bridgehead atoms. The maximum atomic E-state index is 11.8. The molecule has 0 radical (unpaired) electrons. The highest BCUT2D eigenvalue weighted by atomic mass is 35.5. The maximum Gasteiger partial charge on any atom is 0.226 e. The third-order valence-electron chi connectivity index (χ3n) is 2.38. The molecule has 1 aliphatic rings. The Bertz CT molecular complexity index is 200. The lowest BCUT2D eigenvalue weighted by molar-refractivity contribution is -0.146. The van der Waals surface area contributed by atoms with E-state index in [9.17, 15) is 4.79 Å². The molecule has 0 N–H and O–H groups in total. The number of ether oxygens (including phenoxy) is 1. The van der Waals surface area contributed by atoms with E-state index in [4.69, 9.17) is 16.3 Å². The summed E-state index contributed by atoms with van der Waals surface area (Å²) >= 11 is 5.66. The number of rotatable bonds is 2. The van der Waals surface area contributed by atoms with E-state index in [2.05, 4.69) is 0 Å². The fourth-order valence-corrected chi connectivity index (χ4v) is 1.87. The number of hydrogen-bond acceptors (Lipinski definition) is 2. The van der Waals surface area contributed by atoms with Gasteiger partial charge in [0.05, 0.1) is 12.2 Å². The highest BCUT2D eigenvalue weighted by molar-refractivity contribution is 6.19. The zero-order valence-electron chi connectivity index (χ0n) is 9.00. The standard InChI is InChI=1S/C10H18ClNO2/c1-7(4-11)10(13)12-5-8(2)14-9(3)6-12/h7-9H,4-6H2,1-3H3. The average molecular weight is 220 g/mol. The molecule has 1 amide bonds. The van der Waals surface area contributed by atoms with Crippen molar-refractivity contribution >= 4 is 17.5 Å². The van der Waals surface area contributed by atoms with Crippen LogP contribution < -0.4 is 0 Å². The lowest BCUT2D eigenvalue weighted by Gasteiger charge is -2.36. The van der Waals surface area contributed by atoms with Crippen LogP contribution >= 0.6 is 11.6 Å². The second-order valence-corrected chi connectivity index (χ2v) is 4.36. The van der Waals surface area contributed by atoms with Crippen LogP contribution in [0.5, 0.6) is 0 Å². The highest BCUT2D eigenvalue weighted by Gasteiger charge is 2.28. The number of alkyl halides is 1. The fraction of sp³-hybridized carbons (Fsp3) is 0.900. The Morgan fingerprint density at radius 1 is 1.50 bits per heavy atom. The molecule has 0 saturated carbocycles. The molecule has 1 rings (SSSR count). The van der Waals surface area contributed by atoms with Crippen molar-refractivity contribution < 1.29 is 9.53 Å². The van der Waals surface area contributed by atoms with Gasteiger partial charge in [-0.2, -0.15) is 0 Å². The molecule has 14 heavy (non-hydrogen) atoms. The molecule has 0 aromatic heterocycles. The Morgan fingerprint density at radius 3 is 2.43 bits per heavy atom. The minimum absolute atomic E-state index is 0.0887. The summed E-state index contributed by atoms with van der Waals surface area (Å²) in [5.41, 5.74) is 0. The topological polar surface area (TPSA) is 29.5 Å². The van der Waals surface area contributed by atoms with Crippen LogP contribution in [0, 0.1) is 5.92 Å². The lowest BCUT2D eigenvalue weighted by Crippen LogP contribution is -2.49. The molecule has 3 nitrogen and oxygen atoms in total. The summed E-state index contributed by atoms with van der Waals surface area (Å²) in [7, 11) is 0. The van der Waals surface area contributed by atoms with E-state index in [1.807, 2.05) is 25.7 Å². The Balaban J connectivity index is 2.54. The number of carbonyl (C=O) groups excluding carboxylic acids is 1. The minimum Gasteiger partial charge on any atom is -0.372 e. The van der Waals surface area contributed by atoms with Crippen molar-refractivity contribution in [3.8, 4) is 0 Å². The summed E-state index contributed by atoms with van der Waals surface area (Å²) in [4.78, 5) is 13.7. The van der Waals surface area contributed by atoms with Crippen LogP contribution in [0.2, 0.25) is 0 Å². The van der Waals surface area contributed by atoms with E-state index in [0.29, 0.717) is 19.0 Å². The molecular formula is C10H18ClNO2. The molecule has 0 spiro atoms. The van der Waals surface area contributed by atoms with Crippen LogP contribution in [0.1, 0.15) is 20.8 Å². The molecule has 1 heterocycles. The second kappa shape index (κ2) is 4.99. The van der Waals surface area contributed by atoms with Gasteiger partial charge in [-0.3, -0.25) is 4.79 Å². The predicted octanol–water partition coefficient (Wildman–Crippen LogP) is 1.50. The minimum atomic E-state index is -0.0887. The van der Waals surface area contributed by atoms with Crippen LogP contribution in [-0.4, -0.2) is 42.0 Å². The van der Waals surface area contributed by atoms with Crippen LogP contribution in [0.3, 0.4) is 0 Å². The summed E-state index contributed by atoms with van der Waals surface area (Å²) in [6.45, 7) is 7.21. The highest BCUT2D eigenvalue weighted by Crippen LogP contribution is 2.14. The van der Waals surface area contributed by atoms with E-state index in [-0.39, 0.29) is 24.0 Å². The van der Waals surface area contributed by atoms with Gasteiger partial charge in [0.15, 0.2) is 0 Å². The van der Waals surface area contributed by atoms with Crippen molar-refractivity contribution in [1.29, 1.82) is 0 Å². The van der Waals surface area contributed by atoms with Crippen LogP contribution in [0.25, 0.3) is 0 Å². The van der Waals surface area contributed by atoms with Gasteiger partial charge in [-0.15, -0.1) is 11.6 Å². The number of amides is 1. The monoisotopic (exact) mass is 219 g/mol. The summed E-state index contributed by atoms with van der Waals surface area (Å²) in [6, 6.07) is 0. The van der Waals surface area contributed by atoms with E-state index in [1.54, 1.807) is 0 Å². The van der Waals surface area contributed by atoms with Crippen LogP contribution in [0.4, 0.5) is 0 Å². The predicted molar refractivity (Wildman–Crippen MR) is 56.5 cm³/mol. The number of hydrogen-bond donors (Lipinski definition) is 0. The van der Waals surface area contributed by atoms with E-state index >= 15 is 0 Å². The first-order valence-corrected chi connectivity index (χ1v) is 5.58. The Labute approximate surface area is 90.4 Å². The third-order valence-corrected chi connectivity index (χ3v) is 2.85. The van der Waals surface area contributed by atoms with Crippen molar-refractivity contribution in [3.05, 3.63) is 0 Å². The molecule has 3 unspecified atom stereocenters. The van der Waals surface area contributed by atoms with E-state index < -0.39 is 0 Å². The smallest absolute Gasteiger partial charge is 0.226 e. The largest absolute Gasteiger partial charge is 0.372 e. The number of nitrogens with zero attached hydrogens (tertiary/aromatic N) is 1. The van der Waals surface area contributed by atoms with Crippen LogP contribution in [-0.2, 0) is 9.53 Å². The second-order valence-electron chi connectivity index (χ2n) is 4.06. The Hall–Kier alpha value is -0.280. The average Bonchev–Trinajstić information content (AvgIpc) is 2.14. The number of halogens is 1. The van der Waals surface area contributed by atoms with E-state index in [1.165, 1.54) is 0 Å². The zero-order valence-corrected chi connectivity index (χ0v) is 9.75. The van der Waals surface area contributed by atoms with Gasteiger partial charge < -0.3 is 9.64 Å². The van der Waals surface area contributed by atoms with Crippen molar-refractivity contribution in [3.63, 3.8) is 0 Å². The first kappa shape index (κ1) is 11.8. The molecule has 1 aliphatic heterocycles. The van der Waals surface area contributed by atoms with Gasteiger partial charge in [0.2, 0.25) is 5.91 Å². The molecular weight excluding hydrogens is 202 g/mol. The van der Waals surface area contributed by atoms with Gasteiger partial charge in [-0.25, -0.2) is 0 Å². The quantitative estimate of drug-likeness (QED) is 0.659. The summed E-state index contributed by atoms with van der Waals surface area (Å²) < 4.78 is 5.55. The van der Waals surface area contributed by atoms with Gasteiger partial charge in [-0.05, 0) is 13.8 Å². The Kier molecular flexibility index (Phi) is 4.20. The molecule has 4 heteroatoms. The first-order valence-electron chi connectivity index (χ1n) is 5.04. The third kappa shape index (κ3) is 2.85. The molecule has 3 atom stereocenters. The van der Waals surface area contributed by atoms with Gasteiger partial charge in [0, 0.05) is 24.9 Å². The number of carbonyl (C=O) groups is 1. The van der Waals surface area contributed by atoms with Gasteiger partial charge in [0.1, 0.15) is 0 Å². The SMILES string of the molecule is CC1CN(C(=O)C(C)CCl)CC(C)O1. The molecule has 0 aromatic rings. The van der Waals surface area contributed by atoms with Crippen molar-refractivity contribution in [2.45, 2.75) is 33.0 Å². The van der Waals surface area contributed by atoms with E-state index in [0.717, 1.165) is 0 Å². The molecule has 1 fully saturated rings. The molecule has 0 aliphatic carbocycles. The van der Waals surface area contributed by atoms with Gasteiger partial charge in [0.25, 0.3) is 0 Å². The van der Waals surface area contributed by atoms with Gasteiger partial charge in [-0.1, -0.05) is 6.92 Å². The van der Waals surface area contributed by atoms with Crippen molar-refractivity contribution in [1.82, 2.24) is 4.90 Å². The first-order chi connectivity index (χ1) is 6.54. The molecule has 82 valence electrons. The molecule has 0 aromatic carbocycles. The number of morpholine rings is 1. The lowest BCUT2D eigenvalue weighted by atomic mass is 10.1. The molecule has 1 saturated heterocycles. The summed E-state index contributed by atoms with van der Waals surface area (Å²) in [5, 5.41) is 0. The van der Waals surface area contributed by atoms with Gasteiger partial charge >= 0.3 is 0 Å².